The molecule has 0 radical (unpaired) electrons. The topological polar surface area (TPSA) is 66.2 Å². The van der Waals surface area contributed by atoms with Gasteiger partial charge in [0.15, 0.2) is 11.5 Å². The number of benzene rings is 2. The summed E-state index contributed by atoms with van der Waals surface area (Å²) in [6, 6.07) is 9.92. The summed E-state index contributed by atoms with van der Waals surface area (Å²) >= 11 is 0. The van der Waals surface area contributed by atoms with E-state index in [9.17, 15) is 0 Å². The van der Waals surface area contributed by atoms with Gasteiger partial charge in [-0.3, -0.25) is 0 Å². The van der Waals surface area contributed by atoms with E-state index in [1.165, 1.54) is 0 Å². The summed E-state index contributed by atoms with van der Waals surface area (Å²) in [5.74, 6) is 2.74. The molecule has 2 aromatic carbocycles. The number of nitrogens with two attached hydrogens (primary N) is 1. The molecule has 1 aliphatic heterocycles. The first-order valence-electron chi connectivity index (χ1n) is 8.11. The highest BCUT2D eigenvalue weighted by Gasteiger charge is 2.36. The molecule has 0 amide bonds. The van der Waals surface area contributed by atoms with Gasteiger partial charge in [-0.1, -0.05) is 12.1 Å². The van der Waals surface area contributed by atoms with Crippen LogP contribution in [0.3, 0.4) is 0 Å². The lowest BCUT2D eigenvalue weighted by molar-refractivity contribution is 0.322. The highest BCUT2D eigenvalue weighted by atomic mass is 16.5. The van der Waals surface area contributed by atoms with Gasteiger partial charge in [0.2, 0.25) is 5.75 Å². The van der Waals surface area contributed by atoms with Crippen LogP contribution >= 0.6 is 0 Å². The van der Waals surface area contributed by atoms with Crippen LogP contribution in [0.1, 0.15) is 17.2 Å². The summed E-state index contributed by atoms with van der Waals surface area (Å²) in [5, 5.41) is 0. The minimum Gasteiger partial charge on any atom is -0.495 e. The van der Waals surface area contributed by atoms with Crippen molar-refractivity contribution in [3.05, 3.63) is 41.5 Å². The molecule has 1 unspecified atom stereocenters. The maximum absolute atomic E-state index is 6.13. The van der Waals surface area contributed by atoms with E-state index in [0.29, 0.717) is 30.3 Å². The fourth-order valence-electron chi connectivity index (χ4n) is 3.52. The zero-order valence-corrected chi connectivity index (χ0v) is 15.0. The molecule has 6 nitrogen and oxygen atoms in total. The Kier molecular flexibility index (Phi) is 4.90. The Morgan fingerprint density at radius 1 is 0.960 bits per heavy atom. The Labute approximate surface area is 148 Å². The largest absolute Gasteiger partial charge is 0.495 e. The van der Waals surface area contributed by atoms with E-state index >= 15 is 0 Å². The van der Waals surface area contributed by atoms with Crippen molar-refractivity contribution in [2.75, 3.05) is 39.9 Å². The summed E-state index contributed by atoms with van der Waals surface area (Å²) in [7, 11) is 6.54. The van der Waals surface area contributed by atoms with E-state index < -0.39 is 0 Å². The van der Waals surface area contributed by atoms with Gasteiger partial charge in [0.1, 0.15) is 5.75 Å². The minimum atomic E-state index is 0.00000567. The molecule has 0 bridgehead atoms. The van der Waals surface area contributed by atoms with Crippen LogP contribution in [-0.4, -0.2) is 35.0 Å². The van der Waals surface area contributed by atoms with E-state index in [1.807, 2.05) is 30.3 Å². The van der Waals surface area contributed by atoms with Crippen molar-refractivity contribution in [2.45, 2.75) is 12.6 Å². The van der Waals surface area contributed by atoms with Crippen molar-refractivity contribution in [1.29, 1.82) is 0 Å². The third-order valence-corrected chi connectivity index (χ3v) is 4.65. The van der Waals surface area contributed by atoms with Crippen molar-refractivity contribution in [2.24, 2.45) is 5.73 Å². The molecule has 0 saturated heterocycles. The first kappa shape index (κ1) is 17.2. The Morgan fingerprint density at radius 3 is 2.24 bits per heavy atom. The molecule has 0 aromatic heterocycles. The Balaban J connectivity index is 2.15. The molecule has 0 fully saturated rings. The third-order valence-electron chi connectivity index (χ3n) is 4.65. The van der Waals surface area contributed by atoms with Crippen molar-refractivity contribution in [3.8, 4) is 23.0 Å². The maximum atomic E-state index is 6.13. The van der Waals surface area contributed by atoms with Gasteiger partial charge in [-0.15, -0.1) is 0 Å². The molecule has 1 aliphatic rings. The lowest BCUT2D eigenvalue weighted by Gasteiger charge is -2.27. The number of fused-ring (bicyclic) bond motifs is 1. The van der Waals surface area contributed by atoms with Crippen LogP contribution in [0.25, 0.3) is 0 Å². The molecule has 2 aromatic rings. The number of methoxy groups -OCH3 is 4. The van der Waals surface area contributed by atoms with Gasteiger partial charge in [-0.25, -0.2) is 0 Å². The van der Waals surface area contributed by atoms with E-state index in [4.69, 9.17) is 24.7 Å². The van der Waals surface area contributed by atoms with Crippen LogP contribution in [0.4, 0.5) is 5.69 Å². The zero-order chi connectivity index (χ0) is 18.0. The van der Waals surface area contributed by atoms with Gasteiger partial charge in [0, 0.05) is 18.7 Å². The number of ether oxygens (including phenoxy) is 4. The second-order valence-electron chi connectivity index (χ2n) is 5.76. The van der Waals surface area contributed by atoms with Gasteiger partial charge in [0.25, 0.3) is 0 Å². The smallest absolute Gasteiger partial charge is 0.203 e. The highest BCUT2D eigenvalue weighted by Crippen LogP contribution is 2.50. The SMILES string of the molecule is COc1ccccc1N1Cc2c(cc(OC)c(OC)c2OC)C1CN. The molecule has 0 spiro atoms. The normalized spacial score (nSPS) is 15.7. The monoisotopic (exact) mass is 344 g/mol. The fourth-order valence-corrected chi connectivity index (χ4v) is 3.52. The molecule has 1 heterocycles. The number of hydrogen-bond acceptors (Lipinski definition) is 6. The predicted octanol–water partition coefficient (Wildman–Crippen LogP) is 2.74. The van der Waals surface area contributed by atoms with Crippen molar-refractivity contribution in [3.63, 3.8) is 0 Å². The lowest BCUT2D eigenvalue weighted by atomic mass is 10.0. The van der Waals surface area contributed by atoms with E-state index in [0.717, 1.165) is 22.6 Å². The number of anilines is 1. The number of rotatable bonds is 6. The highest BCUT2D eigenvalue weighted by molar-refractivity contribution is 5.68. The average Bonchev–Trinajstić information content (AvgIpc) is 3.03. The van der Waals surface area contributed by atoms with E-state index in [-0.39, 0.29) is 6.04 Å². The first-order chi connectivity index (χ1) is 12.2. The summed E-state index contributed by atoms with van der Waals surface area (Å²) in [5.41, 5.74) is 9.27. The number of para-hydroxylation sites is 2. The summed E-state index contributed by atoms with van der Waals surface area (Å²) in [4.78, 5) is 2.23. The molecule has 6 heteroatoms. The number of nitrogens with zero attached hydrogens (tertiary/aromatic N) is 1. The summed E-state index contributed by atoms with van der Waals surface area (Å²) < 4.78 is 22.2. The third kappa shape index (κ3) is 2.72. The lowest BCUT2D eigenvalue weighted by Crippen LogP contribution is -2.28. The van der Waals surface area contributed by atoms with Crippen molar-refractivity contribution >= 4 is 5.69 Å². The second-order valence-corrected chi connectivity index (χ2v) is 5.76. The predicted molar refractivity (Wildman–Crippen MR) is 97.1 cm³/mol. The molecule has 2 N–H and O–H groups in total. The van der Waals surface area contributed by atoms with Crippen LogP contribution in [0, 0.1) is 0 Å². The summed E-state index contributed by atoms with van der Waals surface area (Å²) in [6.07, 6.45) is 0. The van der Waals surface area contributed by atoms with Crippen LogP contribution in [-0.2, 0) is 6.54 Å². The standard InChI is InChI=1S/C19H24N2O4/c1-22-16-8-6-5-7-14(16)21-11-13-12(15(21)10-20)9-17(23-2)19(25-4)18(13)24-3/h5-9,15H,10-11,20H2,1-4H3. The molecule has 3 rings (SSSR count). The Bertz CT molecular complexity index is 763. The fraction of sp³-hybridized carbons (Fsp3) is 0.368. The van der Waals surface area contributed by atoms with Gasteiger partial charge < -0.3 is 29.6 Å². The first-order valence-corrected chi connectivity index (χ1v) is 8.11. The van der Waals surface area contributed by atoms with E-state index in [2.05, 4.69) is 4.90 Å². The molecule has 0 aliphatic carbocycles. The second kappa shape index (κ2) is 7.11. The van der Waals surface area contributed by atoms with Crippen LogP contribution in [0.5, 0.6) is 23.0 Å². The Morgan fingerprint density at radius 2 is 1.64 bits per heavy atom. The van der Waals surface area contributed by atoms with Crippen LogP contribution < -0.4 is 29.6 Å². The maximum Gasteiger partial charge on any atom is 0.203 e. The van der Waals surface area contributed by atoms with Crippen LogP contribution in [0.15, 0.2) is 30.3 Å². The quantitative estimate of drug-likeness (QED) is 0.869. The molecular formula is C19H24N2O4. The van der Waals surface area contributed by atoms with E-state index in [1.54, 1.807) is 28.4 Å². The molecule has 134 valence electrons. The van der Waals surface area contributed by atoms with Gasteiger partial charge in [-0.2, -0.15) is 0 Å². The summed E-state index contributed by atoms with van der Waals surface area (Å²) in [6.45, 7) is 1.12. The van der Waals surface area contributed by atoms with Gasteiger partial charge in [0.05, 0.1) is 40.2 Å². The molecular weight excluding hydrogens is 320 g/mol. The van der Waals surface area contributed by atoms with Crippen LogP contribution in [0.2, 0.25) is 0 Å². The zero-order valence-electron chi connectivity index (χ0n) is 15.0. The molecule has 25 heavy (non-hydrogen) atoms. The average molecular weight is 344 g/mol. The Hall–Kier alpha value is -2.60. The van der Waals surface area contributed by atoms with Gasteiger partial charge >= 0.3 is 0 Å². The molecule has 1 atom stereocenters. The van der Waals surface area contributed by atoms with Gasteiger partial charge in [-0.05, 0) is 23.8 Å². The van der Waals surface area contributed by atoms with Crippen molar-refractivity contribution < 1.29 is 18.9 Å². The minimum absolute atomic E-state index is 0.00000567. The number of hydrogen-bond donors (Lipinski definition) is 1. The molecule has 0 saturated carbocycles. The van der Waals surface area contributed by atoms with Crippen molar-refractivity contribution in [1.82, 2.24) is 0 Å².